The first kappa shape index (κ1) is 20.9. The van der Waals surface area contributed by atoms with E-state index in [0.717, 1.165) is 41.4 Å². The zero-order chi connectivity index (χ0) is 20.8. The van der Waals surface area contributed by atoms with Crippen LogP contribution in [0.15, 0.2) is 0 Å². The number of fused-ring (bicyclic) bond motifs is 7. The first-order valence-electron chi connectivity index (χ1n) is 13.6. The summed E-state index contributed by atoms with van der Waals surface area (Å²) in [5, 5.41) is 0. The van der Waals surface area contributed by atoms with Crippen LogP contribution in [0.25, 0.3) is 0 Å². The van der Waals surface area contributed by atoms with Crippen molar-refractivity contribution < 1.29 is 0 Å². The quantitative estimate of drug-likeness (QED) is 0.414. The molecular weight excluding hydrogens is 348 g/mol. The van der Waals surface area contributed by atoms with E-state index >= 15 is 0 Å². The lowest BCUT2D eigenvalue weighted by Gasteiger charge is -2.72. The van der Waals surface area contributed by atoms with Crippen LogP contribution in [0.1, 0.15) is 119 Å². The van der Waals surface area contributed by atoms with E-state index in [1.54, 1.807) is 12.8 Å². The summed E-state index contributed by atoms with van der Waals surface area (Å²) < 4.78 is 0. The Kier molecular flexibility index (Phi) is 4.69. The van der Waals surface area contributed by atoms with Gasteiger partial charge in [-0.05, 0) is 121 Å². The lowest BCUT2D eigenvalue weighted by atomic mass is 9.33. The second kappa shape index (κ2) is 6.51. The lowest BCUT2D eigenvalue weighted by Crippen LogP contribution is -2.64. The molecule has 0 spiro atoms. The molecule has 5 aliphatic rings. The molecule has 5 rings (SSSR count). The van der Waals surface area contributed by atoms with E-state index in [9.17, 15) is 0 Å². The Morgan fingerprint density at radius 1 is 0.690 bits per heavy atom. The largest absolute Gasteiger partial charge is 0.0625 e. The SMILES string of the molecule is CC(C)[C@@H]1CC[C@]2(C)CC[C@]3(C)[C@H](CC[C@@H]4[C@@]5(C)CCC[C@@H](C)[C@@H]5CC[C@]43C)[C@@H]12. The predicted octanol–water partition coefficient (Wildman–Crippen LogP) is 8.74. The normalized spacial score (nSPS) is 59.6. The molecule has 0 nitrogen and oxygen atoms in total. The molecule has 0 bridgehead atoms. The molecule has 0 amide bonds. The average Bonchev–Trinajstić information content (AvgIpc) is 3.00. The fourth-order valence-corrected chi connectivity index (χ4v) is 11.4. The zero-order valence-corrected chi connectivity index (χ0v) is 20.8. The molecule has 0 saturated heterocycles. The van der Waals surface area contributed by atoms with Gasteiger partial charge in [0.05, 0.1) is 0 Å². The highest BCUT2D eigenvalue weighted by atomic mass is 14.7. The molecule has 10 atom stereocenters. The van der Waals surface area contributed by atoms with Crippen molar-refractivity contribution in [2.45, 2.75) is 119 Å². The number of hydrogen-bond acceptors (Lipinski definition) is 0. The van der Waals surface area contributed by atoms with Gasteiger partial charge in [-0.15, -0.1) is 0 Å². The van der Waals surface area contributed by atoms with Crippen LogP contribution in [0.5, 0.6) is 0 Å². The minimum atomic E-state index is 0.587. The van der Waals surface area contributed by atoms with Gasteiger partial charge >= 0.3 is 0 Å². The summed E-state index contributed by atoms with van der Waals surface area (Å²) in [7, 11) is 0. The van der Waals surface area contributed by atoms with E-state index in [2.05, 4.69) is 48.5 Å². The topological polar surface area (TPSA) is 0 Å². The van der Waals surface area contributed by atoms with Gasteiger partial charge in [-0.1, -0.05) is 61.3 Å². The minimum Gasteiger partial charge on any atom is -0.0625 e. The molecule has 0 heterocycles. The molecule has 5 aliphatic carbocycles. The van der Waals surface area contributed by atoms with Crippen LogP contribution in [0.4, 0.5) is 0 Å². The molecule has 166 valence electrons. The third-order valence-electron chi connectivity index (χ3n) is 13.2. The first-order valence-corrected chi connectivity index (χ1v) is 13.6. The van der Waals surface area contributed by atoms with Gasteiger partial charge in [0.2, 0.25) is 0 Å². The average molecular weight is 399 g/mol. The van der Waals surface area contributed by atoms with Crippen molar-refractivity contribution in [3.8, 4) is 0 Å². The van der Waals surface area contributed by atoms with E-state index in [0.29, 0.717) is 21.7 Å². The summed E-state index contributed by atoms with van der Waals surface area (Å²) in [6.07, 6.45) is 16.8. The molecule has 0 N–H and O–H groups in total. The van der Waals surface area contributed by atoms with Crippen molar-refractivity contribution in [2.24, 2.45) is 63.1 Å². The summed E-state index contributed by atoms with van der Waals surface area (Å²) in [6, 6.07) is 0. The second-order valence-corrected chi connectivity index (χ2v) is 14.2. The third kappa shape index (κ3) is 2.56. The van der Waals surface area contributed by atoms with Gasteiger partial charge in [0, 0.05) is 0 Å². The van der Waals surface area contributed by atoms with Crippen molar-refractivity contribution in [3.05, 3.63) is 0 Å². The van der Waals surface area contributed by atoms with Gasteiger partial charge in [0.25, 0.3) is 0 Å². The van der Waals surface area contributed by atoms with Gasteiger partial charge < -0.3 is 0 Å². The van der Waals surface area contributed by atoms with E-state index in [1.807, 2.05) is 0 Å². The third-order valence-corrected chi connectivity index (χ3v) is 13.2. The summed E-state index contributed by atoms with van der Waals surface area (Å²) in [5.74, 6) is 6.85. The first-order chi connectivity index (χ1) is 13.6. The summed E-state index contributed by atoms with van der Waals surface area (Å²) in [6.45, 7) is 18.8. The van der Waals surface area contributed by atoms with Gasteiger partial charge in [-0.25, -0.2) is 0 Å². The molecule has 0 aliphatic heterocycles. The summed E-state index contributed by atoms with van der Waals surface area (Å²) in [4.78, 5) is 0. The molecule has 5 saturated carbocycles. The van der Waals surface area contributed by atoms with Crippen molar-refractivity contribution in [1.82, 2.24) is 0 Å². The number of rotatable bonds is 1. The maximum absolute atomic E-state index is 2.81. The number of hydrogen-bond donors (Lipinski definition) is 0. The molecule has 0 radical (unpaired) electrons. The molecular formula is C29H50. The highest BCUT2D eigenvalue weighted by Crippen LogP contribution is 2.76. The Bertz CT molecular complexity index is 648. The molecule has 5 fully saturated rings. The molecule has 0 unspecified atom stereocenters. The standard InChI is InChI=1S/C29H50/c1-19(2)21-12-15-26(4)17-18-28(6)23(25(21)26)10-11-24-27(5)14-8-9-20(3)22(27)13-16-29(24,28)7/h19-25H,8-18H2,1-7H3/t20-,21+,22+,23-,24-,25-,26-,27+,28-,29-/m1/s1. The Morgan fingerprint density at radius 3 is 2.17 bits per heavy atom. The van der Waals surface area contributed by atoms with Crippen LogP contribution in [0.2, 0.25) is 0 Å². The molecule has 0 heteroatoms. The van der Waals surface area contributed by atoms with Crippen LogP contribution in [-0.4, -0.2) is 0 Å². The Hall–Kier alpha value is 0. The van der Waals surface area contributed by atoms with E-state index in [-0.39, 0.29) is 0 Å². The van der Waals surface area contributed by atoms with Gasteiger partial charge in [0.15, 0.2) is 0 Å². The highest BCUT2D eigenvalue weighted by molar-refractivity contribution is 5.17. The maximum Gasteiger partial charge on any atom is -0.0235 e. The van der Waals surface area contributed by atoms with Crippen LogP contribution in [-0.2, 0) is 0 Å². The maximum atomic E-state index is 2.81. The van der Waals surface area contributed by atoms with Crippen LogP contribution >= 0.6 is 0 Å². The fourth-order valence-electron chi connectivity index (χ4n) is 11.4. The minimum absolute atomic E-state index is 0.587. The summed E-state index contributed by atoms with van der Waals surface area (Å²) in [5.41, 5.74) is 2.46. The monoisotopic (exact) mass is 398 g/mol. The zero-order valence-electron chi connectivity index (χ0n) is 20.8. The molecule has 29 heavy (non-hydrogen) atoms. The Balaban J connectivity index is 1.54. The molecule has 0 aromatic heterocycles. The van der Waals surface area contributed by atoms with Gasteiger partial charge in [0.1, 0.15) is 0 Å². The highest BCUT2D eigenvalue weighted by Gasteiger charge is 2.68. The van der Waals surface area contributed by atoms with E-state index in [4.69, 9.17) is 0 Å². The van der Waals surface area contributed by atoms with Crippen molar-refractivity contribution in [2.75, 3.05) is 0 Å². The lowest BCUT2D eigenvalue weighted by molar-refractivity contribution is -0.229. The fraction of sp³-hybridized carbons (Fsp3) is 1.00. The van der Waals surface area contributed by atoms with Gasteiger partial charge in [-0.2, -0.15) is 0 Å². The summed E-state index contributed by atoms with van der Waals surface area (Å²) >= 11 is 0. The second-order valence-electron chi connectivity index (χ2n) is 14.2. The Labute approximate surface area is 182 Å². The van der Waals surface area contributed by atoms with Crippen LogP contribution in [0.3, 0.4) is 0 Å². The Morgan fingerprint density at radius 2 is 1.45 bits per heavy atom. The molecule has 0 aromatic rings. The van der Waals surface area contributed by atoms with E-state index in [1.165, 1.54) is 57.8 Å². The smallest absolute Gasteiger partial charge is 0.0235 e. The van der Waals surface area contributed by atoms with Gasteiger partial charge in [-0.3, -0.25) is 0 Å². The van der Waals surface area contributed by atoms with E-state index < -0.39 is 0 Å². The van der Waals surface area contributed by atoms with Crippen molar-refractivity contribution in [3.63, 3.8) is 0 Å². The van der Waals surface area contributed by atoms with Crippen LogP contribution in [0, 0.1) is 63.1 Å². The van der Waals surface area contributed by atoms with Crippen LogP contribution < -0.4 is 0 Å². The molecule has 0 aromatic carbocycles. The predicted molar refractivity (Wildman–Crippen MR) is 125 cm³/mol. The van der Waals surface area contributed by atoms with Crippen molar-refractivity contribution >= 4 is 0 Å². The van der Waals surface area contributed by atoms with Crippen molar-refractivity contribution in [1.29, 1.82) is 0 Å².